The van der Waals surface area contributed by atoms with Crippen LogP contribution in [0.5, 0.6) is 0 Å². The number of rotatable bonds is 1. The van der Waals surface area contributed by atoms with Crippen molar-refractivity contribution >= 4 is 17.2 Å². The molecule has 3 heterocycles. The van der Waals surface area contributed by atoms with Gasteiger partial charge in [0.15, 0.2) is 0 Å². The Kier molecular flexibility index (Phi) is 2.81. The van der Waals surface area contributed by atoms with Crippen LogP contribution in [0.1, 0.15) is 11.3 Å². The zero-order valence-electron chi connectivity index (χ0n) is 10.5. The van der Waals surface area contributed by atoms with Crippen molar-refractivity contribution in [3.63, 3.8) is 0 Å². The summed E-state index contributed by atoms with van der Waals surface area (Å²) < 4.78 is 1.74. The summed E-state index contributed by atoms with van der Waals surface area (Å²) in [4.78, 5) is 18.6. The van der Waals surface area contributed by atoms with Gasteiger partial charge in [0.2, 0.25) is 0 Å². The van der Waals surface area contributed by atoms with E-state index in [9.17, 15) is 4.79 Å². The predicted molar refractivity (Wildman–Crippen MR) is 75.7 cm³/mol. The number of aromatic nitrogens is 3. The van der Waals surface area contributed by atoms with E-state index in [0.717, 1.165) is 11.1 Å². The minimum atomic E-state index is -0.387. The van der Waals surface area contributed by atoms with E-state index in [-0.39, 0.29) is 11.1 Å². The van der Waals surface area contributed by atoms with Gasteiger partial charge in [-0.1, -0.05) is 11.6 Å². The average molecular weight is 285 g/mol. The van der Waals surface area contributed by atoms with Crippen LogP contribution in [0.2, 0.25) is 5.15 Å². The number of hydrogen-bond donors (Lipinski definition) is 1. The molecule has 0 saturated heterocycles. The van der Waals surface area contributed by atoms with Gasteiger partial charge in [0.05, 0.1) is 6.20 Å². The molecule has 0 atom stereocenters. The van der Waals surface area contributed by atoms with Crippen LogP contribution in [-0.4, -0.2) is 14.4 Å². The maximum atomic E-state index is 11.6. The summed E-state index contributed by atoms with van der Waals surface area (Å²) in [6, 6.07) is 7.18. The summed E-state index contributed by atoms with van der Waals surface area (Å²) in [6.45, 7) is 1.78. The van der Waals surface area contributed by atoms with Crippen molar-refractivity contribution in [2.24, 2.45) is 0 Å². The van der Waals surface area contributed by atoms with E-state index in [0.29, 0.717) is 16.5 Å². The molecule has 0 aliphatic carbocycles. The molecule has 98 valence electrons. The molecule has 3 aromatic heterocycles. The second kappa shape index (κ2) is 4.51. The number of nitriles is 1. The zero-order valence-corrected chi connectivity index (χ0v) is 11.3. The molecule has 6 heteroatoms. The monoisotopic (exact) mass is 284 g/mol. The third kappa shape index (κ3) is 1.78. The first-order chi connectivity index (χ1) is 9.61. The number of fused-ring (bicyclic) bond motifs is 1. The van der Waals surface area contributed by atoms with Gasteiger partial charge < -0.3 is 4.98 Å². The highest BCUT2D eigenvalue weighted by Gasteiger charge is 2.12. The topological polar surface area (TPSA) is 74.0 Å². The van der Waals surface area contributed by atoms with Crippen LogP contribution in [-0.2, 0) is 0 Å². The van der Waals surface area contributed by atoms with E-state index in [1.807, 2.05) is 18.2 Å². The SMILES string of the molecule is Cc1[nH]c(=O)c(C#N)cc1-c1cccn2c(Cl)cnc12. The first-order valence-electron chi connectivity index (χ1n) is 5.88. The van der Waals surface area contributed by atoms with Crippen LogP contribution in [0.15, 0.2) is 35.4 Å². The van der Waals surface area contributed by atoms with E-state index >= 15 is 0 Å². The van der Waals surface area contributed by atoms with Crippen molar-refractivity contribution in [1.82, 2.24) is 14.4 Å². The molecule has 0 aliphatic rings. The third-order valence-corrected chi connectivity index (χ3v) is 3.42. The highest BCUT2D eigenvalue weighted by molar-refractivity contribution is 6.29. The minimum absolute atomic E-state index is 0.0743. The Morgan fingerprint density at radius 1 is 1.45 bits per heavy atom. The lowest BCUT2D eigenvalue weighted by Gasteiger charge is -2.08. The normalized spacial score (nSPS) is 10.7. The van der Waals surface area contributed by atoms with Gasteiger partial charge in [-0.2, -0.15) is 5.26 Å². The minimum Gasteiger partial charge on any atom is -0.325 e. The molecule has 3 rings (SSSR count). The molecule has 0 spiro atoms. The fraction of sp³-hybridized carbons (Fsp3) is 0.0714. The molecule has 0 unspecified atom stereocenters. The maximum absolute atomic E-state index is 11.6. The van der Waals surface area contributed by atoms with Crippen molar-refractivity contribution in [3.05, 3.63) is 57.4 Å². The number of H-pyrrole nitrogens is 1. The lowest BCUT2D eigenvalue weighted by atomic mass is 10.0. The Hall–Kier alpha value is -2.58. The Balaban J connectivity index is 2.37. The molecule has 0 radical (unpaired) electrons. The van der Waals surface area contributed by atoms with Gasteiger partial charge in [-0.05, 0) is 25.1 Å². The number of nitrogens with zero attached hydrogens (tertiary/aromatic N) is 3. The highest BCUT2D eigenvalue weighted by atomic mass is 35.5. The maximum Gasteiger partial charge on any atom is 0.266 e. The number of imidazole rings is 1. The summed E-state index contributed by atoms with van der Waals surface area (Å²) in [6.07, 6.45) is 3.37. The molecular weight excluding hydrogens is 276 g/mol. The van der Waals surface area contributed by atoms with E-state index in [1.54, 1.807) is 29.8 Å². The fourth-order valence-corrected chi connectivity index (χ4v) is 2.36. The van der Waals surface area contributed by atoms with E-state index in [1.165, 1.54) is 0 Å². The molecule has 0 bridgehead atoms. The quantitative estimate of drug-likeness (QED) is 0.746. The third-order valence-electron chi connectivity index (χ3n) is 3.14. The van der Waals surface area contributed by atoms with Gasteiger partial charge in [-0.3, -0.25) is 9.20 Å². The highest BCUT2D eigenvalue weighted by Crippen LogP contribution is 2.27. The molecule has 0 aromatic carbocycles. The van der Waals surface area contributed by atoms with Crippen molar-refractivity contribution in [2.45, 2.75) is 6.92 Å². The molecule has 3 aromatic rings. The summed E-state index contributed by atoms with van der Waals surface area (Å²) in [5.41, 5.74) is 2.61. The second-order valence-corrected chi connectivity index (χ2v) is 4.75. The standard InChI is InChI=1S/C14H9ClN4O/c1-8-11(5-9(6-16)14(20)18-8)10-3-2-4-19-12(15)7-17-13(10)19/h2-5,7H,1H3,(H,18,20). The summed E-state index contributed by atoms with van der Waals surface area (Å²) in [5.74, 6) is 0. The summed E-state index contributed by atoms with van der Waals surface area (Å²) >= 11 is 6.05. The fourth-order valence-electron chi connectivity index (χ4n) is 2.18. The van der Waals surface area contributed by atoms with Gasteiger partial charge in [0.1, 0.15) is 22.4 Å². The Morgan fingerprint density at radius 3 is 3.00 bits per heavy atom. The number of aryl methyl sites for hydroxylation is 1. The average Bonchev–Trinajstić information content (AvgIpc) is 2.81. The van der Waals surface area contributed by atoms with E-state index in [2.05, 4.69) is 9.97 Å². The molecular formula is C14H9ClN4O. The lowest BCUT2D eigenvalue weighted by Crippen LogP contribution is -2.12. The lowest BCUT2D eigenvalue weighted by molar-refractivity contribution is 1.12. The Bertz CT molecular complexity index is 917. The molecule has 1 N–H and O–H groups in total. The molecule has 0 saturated carbocycles. The van der Waals surface area contributed by atoms with Crippen LogP contribution in [0.4, 0.5) is 0 Å². The number of pyridine rings is 2. The smallest absolute Gasteiger partial charge is 0.266 e. The Labute approximate surface area is 119 Å². The molecule has 0 aliphatic heterocycles. The van der Waals surface area contributed by atoms with Crippen LogP contribution >= 0.6 is 11.6 Å². The van der Waals surface area contributed by atoms with Gasteiger partial charge in [0, 0.05) is 23.0 Å². The first-order valence-corrected chi connectivity index (χ1v) is 6.25. The van der Waals surface area contributed by atoms with E-state index < -0.39 is 0 Å². The molecule has 0 fully saturated rings. The zero-order chi connectivity index (χ0) is 14.3. The molecule has 0 amide bonds. The van der Waals surface area contributed by atoms with Crippen LogP contribution in [0.3, 0.4) is 0 Å². The van der Waals surface area contributed by atoms with Crippen LogP contribution < -0.4 is 5.56 Å². The summed E-state index contributed by atoms with van der Waals surface area (Å²) in [7, 11) is 0. The van der Waals surface area contributed by atoms with Crippen molar-refractivity contribution in [3.8, 4) is 17.2 Å². The van der Waals surface area contributed by atoms with Crippen LogP contribution in [0.25, 0.3) is 16.8 Å². The number of hydrogen-bond acceptors (Lipinski definition) is 3. The van der Waals surface area contributed by atoms with Gasteiger partial charge in [-0.15, -0.1) is 0 Å². The molecule has 20 heavy (non-hydrogen) atoms. The summed E-state index contributed by atoms with van der Waals surface area (Å²) in [5, 5.41) is 9.49. The van der Waals surface area contributed by atoms with Crippen molar-refractivity contribution in [2.75, 3.05) is 0 Å². The van der Waals surface area contributed by atoms with Crippen molar-refractivity contribution in [1.29, 1.82) is 5.26 Å². The Morgan fingerprint density at radius 2 is 2.25 bits per heavy atom. The van der Waals surface area contributed by atoms with Crippen LogP contribution in [0, 0.1) is 18.3 Å². The largest absolute Gasteiger partial charge is 0.325 e. The van der Waals surface area contributed by atoms with Gasteiger partial charge >= 0.3 is 0 Å². The number of halogens is 1. The first kappa shape index (κ1) is 12.5. The second-order valence-electron chi connectivity index (χ2n) is 4.36. The van der Waals surface area contributed by atoms with Crippen molar-refractivity contribution < 1.29 is 0 Å². The molecule has 5 nitrogen and oxygen atoms in total. The predicted octanol–water partition coefficient (Wildman–Crippen LogP) is 2.52. The number of nitrogens with one attached hydrogen (secondary N) is 1. The van der Waals surface area contributed by atoms with Gasteiger partial charge in [-0.25, -0.2) is 4.98 Å². The van der Waals surface area contributed by atoms with E-state index in [4.69, 9.17) is 16.9 Å². The number of aromatic amines is 1. The van der Waals surface area contributed by atoms with Gasteiger partial charge in [0.25, 0.3) is 5.56 Å².